The molecule has 2 unspecified atom stereocenters. The molecule has 0 aliphatic rings. The summed E-state index contributed by atoms with van der Waals surface area (Å²) in [5.74, 6) is -1.02. The first-order valence-electron chi connectivity index (χ1n) is 4.67. The Labute approximate surface area is 119 Å². The maximum absolute atomic E-state index is 11.4. The molecule has 0 spiro atoms. The number of hydrogen-bond acceptors (Lipinski definition) is 4. The fraction of sp³-hybridized carbons (Fsp3) is 0.889. The number of carbonyl (C=O) groups is 1. The summed E-state index contributed by atoms with van der Waals surface area (Å²) in [6.07, 6.45) is -0.0793. The summed E-state index contributed by atoms with van der Waals surface area (Å²) in [6.45, 7) is 6.14. The molecule has 0 aliphatic carbocycles. The van der Waals surface area contributed by atoms with Crippen molar-refractivity contribution in [1.82, 2.24) is 0 Å². The predicted octanol–water partition coefficient (Wildman–Crippen LogP) is 0.718. The number of hydrogen-bond donors (Lipinski definition) is 0. The molecule has 15 heavy (non-hydrogen) atoms. The van der Waals surface area contributed by atoms with Gasteiger partial charge in [-0.25, -0.2) is 4.79 Å². The van der Waals surface area contributed by atoms with Gasteiger partial charge in [0.1, 0.15) is 0 Å². The van der Waals surface area contributed by atoms with Crippen molar-refractivity contribution < 1.29 is 23.7 Å². The van der Waals surface area contributed by atoms with Crippen molar-refractivity contribution in [2.75, 3.05) is 13.2 Å². The monoisotopic (exact) mass is 250 g/mol. The Kier molecular flexibility index (Phi) is 13.3. The summed E-state index contributed by atoms with van der Waals surface area (Å²) in [5, 5.41) is 0. The summed E-state index contributed by atoms with van der Waals surface area (Å²) in [6, 6.07) is 0. The van der Waals surface area contributed by atoms with Gasteiger partial charge in [0, 0.05) is 11.1 Å². The minimum atomic E-state index is -1.02. The Morgan fingerprint density at radius 1 is 1.33 bits per heavy atom. The van der Waals surface area contributed by atoms with Crippen LogP contribution in [-0.2, 0) is 19.2 Å². The molecule has 0 aliphatic heterocycles. The predicted molar refractivity (Wildman–Crippen MR) is 56.9 cm³/mol. The molecule has 0 aromatic rings. The van der Waals surface area contributed by atoms with Crippen LogP contribution in [0.15, 0.2) is 0 Å². The van der Waals surface area contributed by atoms with E-state index in [-0.39, 0.29) is 50.4 Å². The molecule has 0 fully saturated rings. The summed E-state index contributed by atoms with van der Waals surface area (Å²) >= 11 is 0. The van der Waals surface area contributed by atoms with Crippen LogP contribution in [0.5, 0.6) is 0 Å². The summed E-state index contributed by atoms with van der Waals surface area (Å²) in [5.41, 5.74) is 0. The standard InChI is InChI=1S/C9H17FO4.Ca.2H/c1-4-5-12-7(2)6-13-8(3)9(11)14-10;;;/h7-8H,4-6H2,1-3H3;;;. The van der Waals surface area contributed by atoms with Crippen molar-refractivity contribution in [3.8, 4) is 0 Å². The van der Waals surface area contributed by atoms with Gasteiger partial charge in [-0.1, -0.05) is 6.92 Å². The van der Waals surface area contributed by atoms with Gasteiger partial charge in [0.05, 0.1) is 12.7 Å². The Morgan fingerprint density at radius 3 is 2.40 bits per heavy atom. The SMILES string of the molecule is CCCOC(C)COC(C)C(=O)OF.[CaH2]. The molecule has 0 bridgehead atoms. The third-order valence-corrected chi connectivity index (χ3v) is 1.60. The van der Waals surface area contributed by atoms with Crippen LogP contribution in [0.1, 0.15) is 27.2 Å². The summed E-state index contributed by atoms with van der Waals surface area (Å²) in [4.78, 5) is 13.6. The van der Waals surface area contributed by atoms with E-state index in [2.05, 4.69) is 4.94 Å². The first-order chi connectivity index (χ1) is 6.61. The van der Waals surface area contributed by atoms with Gasteiger partial charge in [-0.05, 0) is 20.3 Å². The fourth-order valence-corrected chi connectivity index (χ4v) is 0.778. The molecule has 0 N–H and O–H groups in total. The molecular formula is C9H19CaFO4. The Bertz CT molecular complexity index is 168. The average molecular weight is 250 g/mol. The van der Waals surface area contributed by atoms with E-state index in [9.17, 15) is 9.32 Å². The van der Waals surface area contributed by atoms with Gasteiger partial charge >= 0.3 is 43.7 Å². The zero-order valence-electron chi connectivity index (χ0n) is 8.79. The van der Waals surface area contributed by atoms with Crippen molar-refractivity contribution in [3.05, 3.63) is 0 Å². The number of halogens is 1. The van der Waals surface area contributed by atoms with Gasteiger partial charge in [0.25, 0.3) is 0 Å². The van der Waals surface area contributed by atoms with Crippen LogP contribution >= 0.6 is 0 Å². The number of ether oxygens (including phenoxy) is 2. The first kappa shape index (κ1) is 18.0. The normalized spacial score (nSPS) is 13.9. The molecule has 0 amide bonds. The van der Waals surface area contributed by atoms with E-state index in [1.54, 1.807) is 0 Å². The van der Waals surface area contributed by atoms with Crippen molar-refractivity contribution in [3.63, 3.8) is 0 Å². The van der Waals surface area contributed by atoms with Crippen LogP contribution in [0.2, 0.25) is 0 Å². The summed E-state index contributed by atoms with van der Waals surface area (Å²) < 4.78 is 21.7. The molecule has 6 heteroatoms. The second-order valence-corrected chi connectivity index (χ2v) is 3.05. The minimum absolute atomic E-state index is 0. The van der Waals surface area contributed by atoms with E-state index < -0.39 is 12.1 Å². The zero-order chi connectivity index (χ0) is 11.0. The maximum atomic E-state index is 11.4. The average Bonchev–Trinajstić information content (AvgIpc) is 2.21. The van der Waals surface area contributed by atoms with Crippen molar-refractivity contribution >= 4 is 43.7 Å². The molecule has 0 heterocycles. The Hall–Kier alpha value is 0.580. The van der Waals surface area contributed by atoms with Crippen LogP contribution in [0.4, 0.5) is 4.53 Å². The van der Waals surface area contributed by atoms with Gasteiger partial charge in [0.2, 0.25) is 0 Å². The van der Waals surface area contributed by atoms with E-state index in [0.717, 1.165) is 6.42 Å². The van der Waals surface area contributed by atoms with Gasteiger partial charge in [-0.15, -0.1) is 0 Å². The van der Waals surface area contributed by atoms with Crippen LogP contribution in [-0.4, -0.2) is 69.1 Å². The first-order valence-corrected chi connectivity index (χ1v) is 4.67. The van der Waals surface area contributed by atoms with E-state index in [0.29, 0.717) is 6.61 Å². The zero-order valence-corrected chi connectivity index (χ0v) is 8.79. The van der Waals surface area contributed by atoms with E-state index in [4.69, 9.17) is 9.47 Å². The molecule has 4 nitrogen and oxygen atoms in total. The third kappa shape index (κ3) is 9.51. The molecule has 0 saturated heterocycles. The number of carbonyl (C=O) groups excluding carboxylic acids is 1. The van der Waals surface area contributed by atoms with Gasteiger partial charge in [-0.3, -0.25) is 4.94 Å². The van der Waals surface area contributed by atoms with Crippen LogP contribution < -0.4 is 0 Å². The third-order valence-electron chi connectivity index (χ3n) is 1.60. The molecule has 0 radical (unpaired) electrons. The summed E-state index contributed by atoms with van der Waals surface area (Å²) in [7, 11) is 0. The van der Waals surface area contributed by atoms with Crippen LogP contribution in [0, 0.1) is 0 Å². The molecule has 0 aromatic carbocycles. The van der Waals surface area contributed by atoms with Crippen molar-refractivity contribution in [2.45, 2.75) is 39.4 Å². The second kappa shape index (κ2) is 11.1. The number of rotatable bonds is 7. The Morgan fingerprint density at radius 2 is 1.93 bits per heavy atom. The van der Waals surface area contributed by atoms with E-state index >= 15 is 0 Å². The molecule has 0 rings (SSSR count). The van der Waals surface area contributed by atoms with Gasteiger partial charge in [0.15, 0.2) is 6.10 Å². The molecule has 2 atom stereocenters. The fourth-order valence-electron chi connectivity index (χ4n) is 0.778. The second-order valence-electron chi connectivity index (χ2n) is 3.05. The Balaban J connectivity index is 0. The van der Waals surface area contributed by atoms with Gasteiger partial charge in [-0.2, -0.15) is 0 Å². The topological polar surface area (TPSA) is 44.8 Å². The van der Waals surface area contributed by atoms with E-state index in [1.165, 1.54) is 6.92 Å². The van der Waals surface area contributed by atoms with E-state index in [1.807, 2.05) is 13.8 Å². The molecule has 0 saturated carbocycles. The van der Waals surface area contributed by atoms with Crippen LogP contribution in [0.25, 0.3) is 0 Å². The molecular weight excluding hydrogens is 231 g/mol. The van der Waals surface area contributed by atoms with Crippen LogP contribution in [0.3, 0.4) is 0 Å². The molecule has 88 valence electrons. The van der Waals surface area contributed by atoms with Crippen molar-refractivity contribution in [1.29, 1.82) is 0 Å². The van der Waals surface area contributed by atoms with Gasteiger partial charge < -0.3 is 9.47 Å². The quantitative estimate of drug-likeness (QED) is 0.625. The molecule has 0 aromatic heterocycles. The van der Waals surface area contributed by atoms with Crippen molar-refractivity contribution in [2.24, 2.45) is 0 Å².